The molecule has 0 bridgehead atoms. The number of carbonyl (C=O) groups excluding carboxylic acids is 1. The highest BCUT2D eigenvalue weighted by Crippen LogP contribution is 2.32. The quantitative estimate of drug-likeness (QED) is 0.643. The lowest BCUT2D eigenvalue weighted by Gasteiger charge is -2.20. The second kappa shape index (κ2) is 6.97. The highest BCUT2D eigenvalue weighted by Gasteiger charge is 2.15. The number of primary amides is 1. The van der Waals surface area contributed by atoms with Crippen molar-refractivity contribution in [2.24, 2.45) is 5.73 Å². The minimum atomic E-state index is -0.806. The van der Waals surface area contributed by atoms with Gasteiger partial charge in [-0.25, -0.2) is 4.79 Å². The average Bonchev–Trinajstić information content (AvgIpc) is 2.46. The lowest BCUT2D eigenvalue weighted by Crippen LogP contribution is -2.27. The minimum Gasteiger partial charge on any atom is -0.486 e. The van der Waals surface area contributed by atoms with Crippen LogP contribution in [0.15, 0.2) is 18.2 Å². The van der Waals surface area contributed by atoms with Crippen molar-refractivity contribution in [2.45, 2.75) is 6.10 Å². The number of benzene rings is 1. The number of aliphatic hydroxyl groups excluding tert-OH is 1. The molecular weight excluding hydrogens is 264 g/mol. The van der Waals surface area contributed by atoms with E-state index in [0.29, 0.717) is 37.8 Å². The molecule has 1 atom stereocenters. The van der Waals surface area contributed by atoms with Crippen LogP contribution in [0, 0.1) is 0 Å². The Balaban J connectivity index is 1.80. The fourth-order valence-electron chi connectivity index (χ4n) is 1.85. The Morgan fingerprint density at radius 3 is 2.90 bits per heavy atom. The second-order valence-electron chi connectivity index (χ2n) is 4.29. The molecule has 0 spiro atoms. The van der Waals surface area contributed by atoms with Crippen molar-refractivity contribution >= 4 is 6.09 Å². The highest BCUT2D eigenvalue weighted by molar-refractivity contribution is 5.64. The number of carbonyl (C=O) groups is 1. The summed E-state index contributed by atoms with van der Waals surface area (Å²) in [5.74, 6) is 1.33. The summed E-state index contributed by atoms with van der Waals surface area (Å²) < 4.78 is 15.4. The Kier molecular flexibility index (Phi) is 5.03. The smallest absolute Gasteiger partial charge is 0.404 e. The van der Waals surface area contributed by atoms with Crippen molar-refractivity contribution in [3.63, 3.8) is 0 Å². The van der Waals surface area contributed by atoms with Crippen LogP contribution in [-0.2, 0) is 4.74 Å². The molecule has 1 aliphatic rings. The molecule has 0 aliphatic carbocycles. The van der Waals surface area contributed by atoms with E-state index < -0.39 is 12.2 Å². The van der Waals surface area contributed by atoms with Crippen LogP contribution in [0.5, 0.6) is 11.5 Å². The van der Waals surface area contributed by atoms with Crippen LogP contribution in [0.3, 0.4) is 0 Å². The molecule has 0 fully saturated rings. The van der Waals surface area contributed by atoms with Gasteiger partial charge in [0.1, 0.15) is 19.8 Å². The molecule has 1 amide bonds. The molecule has 0 saturated heterocycles. The fraction of sp³-hybridized carbons (Fsp3) is 0.462. The van der Waals surface area contributed by atoms with Crippen LogP contribution in [0.2, 0.25) is 0 Å². The number of hydrogen-bond donors (Lipinski definition) is 3. The van der Waals surface area contributed by atoms with Crippen molar-refractivity contribution in [1.82, 2.24) is 5.32 Å². The molecule has 0 aromatic heterocycles. The number of nitrogens with two attached hydrogens (primary N) is 1. The molecule has 1 unspecified atom stereocenters. The van der Waals surface area contributed by atoms with Gasteiger partial charge in [0.05, 0.1) is 6.10 Å². The standard InChI is InChI=1S/C13H18N2O5/c14-13(17)20-4-3-15-8-10(16)9-1-2-11-12(7-9)19-6-5-18-11/h1-2,7,10,15-16H,3-6,8H2,(H2,14,17). The first-order chi connectivity index (χ1) is 9.66. The molecule has 1 heterocycles. The molecule has 7 nitrogen and oxygen atoms in total. The maximum atomic E-state index is 10.4. The summed E-state index contributed by atoms with van der Waals surface area (Å²) in [4.78, 5) is 10.4. The van der Waals surface area contributed by atoms with E-state index >= 15 is 0 Å². The van der Waals surface area contributed by atoms with Crippen LogP contribution < -0.4 is 20.5 Å². The van der Waals surface area contributed by atoms with Gasteiger partial charge in [0.2, 0.25) is 0 Å². The number of hydrogen-bond acceptors (Lipinski definition) is 6. The van der Waals surface area contributed by atoms with Gasteiger partial charge in [-0.15, -0.1) is 0 Å². The van der Waals surface area contributed by atoms with Crippen molar-refractivity contribution in [1.29, 1.82) is 0 Å². The van der Waals surface area contributed by atoms with Crippen LogP contribution in [0.4, 0.5) is 4.79 Å². The van der Waals surface area contributed by atoms with Gasteiger partial charge in [0, 0.05) is 13.1 Å². The van der Waals surface area contributed by atoms with E-state index in [9.17, 15) is 9.90 Å². The maximum absolute atomic E-state index is 10.4. The lowest BCUT2D eigenvalue weighted by atomic mass is 10.1. The fourth-order valence-corrected chi connectivity index (χ4v) is 1.85. The van der Waals surface area contributed by atoms with E-state index in [1.54, 1.807) is 18.2 Å². The summed E-state index contributed by atoms with van der Waals surface area (Å²) in [7, 11) is 0. The molecule has 0 radical (unpaired) electrons. The van der Waals surface area contributed by atoms with E-state index in [1.807, 2.05) is 0 Å². The van der Waals surface area contributed by atoms with Crippen molar-refractivity contribution in [3.05, 3.63) is 23.8 Å². The first kappa shape index (κ1) is 14.4. The molecule has 7 heteroatoms. The number of amides is 1. The Morgan fingerprint density at radius 2 is 2.15 bits per heavy atom. The maximum Gasteiger partial charge on any atom is 0.404 e. The Morgan fingerprint density at radius 1 is 1.40 bits per heavy atom. The van der Waals surface area contributed by atoms with Gasteiger partial charge in [0.15, 0.2) is 11.5 Å². The van der Waals surface area contributed by atoms with E-state index in [-0.39, 0.29) is 6.61 Å². The third-order valence-corrected chi connectivity index (χ3v) is 2.81. The molecule has 1 aliphatic heterocycles. The van der Waals surface area contributed by atoms with Gasteiger partial charge in [-0.3, -0.25) is 0 Å². The Hall–Kier alpha value is -1.99. The first-order valence-electron chi connectivity index (χ1n) is 6.37. The summed E-state index contributed by atoms with van der Waals surface area (Å²) in [5, 5.41) is 13.0. The highest BCUT2D eigenvalue weighted by atomic mass is 16.6. The lowest BCUT2D eigenvalue weighted by molar-refractivity contribution is 0.148. The SMILES string of the molecule is NC(=O)OCCNCC(O)c1ccc2c(c1)OCCO2. The van der Waals surface area contributed by atoms with Crippen molar-refractivity contribution in [2.75, 3.05) is 32.9 Å². The van der Waals surface area contributed by atoms with Crippen LogP contribution in [0.1, 0.15) is 11.7 Å². The summed E-state index contributed by atoms with van der Waals surface area (Å²) in [5.41, 5.74) is 5.56. The topological polar surface area (TPSA) is 103 Å². The van der Waals surface area contributed by atoms with E-state index in [1.165, 1.54) is 0 Å². The largest absolute Gasteiger partial charge is 0.486 e. The average molecular weight is 282 g/mol. The van der Waals surface area contributed by atoms with Gasteiger partial charge in [-0.2, -0.15) is 0 Å². The van der Waals surface area contributed by atoms with Gasteiger partial charge >= 0.3 is 6.09 Å². The van der Waals surface area contributed by atoms with Gasteiger partial charge in [0.25, 0.3) is 0 Å². The molecule has 1 aromatic carbocycles. The monoisotopic (exact) mass is 282 g/mol. The predicted molar refractivity (Wildman–Crippen MR) is 70.8 cm³/mol. The summed E-state index contributed by atoms with van der Waals surface area (Å²) in [6.07, 6.45) is -1.49. The zero-order valence-electron chi connectivity index (χ0n) is 11.0. The Bertz CT molecular complexity index is 466. The second-order valence-corrected chi connectivity index (χ2v) is 4.29. The predicted octanol–water partition coefficient (Wildman–Crippen LogP) is 0.176. The third-order valence-electron chi connectivity index (χ3n) is 2.81. The van der Waals surface area contributed by atoms with Crippen molar-refractivity contribution < 1.29 is 24.1 Å². The molecule has 4 N–H and O–H groups in total. The van der Waals surface area contributed by atoms with E-state index in [2.05, 4.69) is 10.1 Å². The first-order valence-corrected chi connectivity index (χ1v) is 6.37. The summed E-state index contributed by atoms with van der Waals surface area (Å²) in [6.45, 7) is 1.97. The zero-order valence-corrected chi connectivity index (χ0v) is 11.0. The Labute approximate surface area is 116 Å². The van der Waals surface area contributed by atoms with E-state index in [0.717, 1.165) is 5.56 Å². The van der Waals surface area contributed by atoms with Gasteiger partial charge < -0.3 is 30.4 Å². The van der Waals surface area contributed by atoms with Gasteiger partial charge in [-0.1, -0.05) is 6.07 Å². The van der Waals surface area contributed by atoms with E-state index in [4.69, 9.17) is 15.2 Å². The molecule has 1 aromatic rings. The summed E-state index contributed by atoms with van der Waals surface area (Å²) in [6, 6.07) is 5.34. The zero-order chi connectivity index (χ0) is 14.4. The molecular formula is C13H18N2O5. The number of nitrogens with one attached hydrogen (secondary N) is 1. The number of fused-ring (bicyclic) bond motifs is 1. The third kappa shape index (κ3) is 4.01. The number of rotatable bonds is 6. The molecule has 110 valence electrons. The van der Waals surface area contributed by atoms with Crippen LogP contribution in [-0.4, -0.2) is 44.1 Å². The summed E-state index contributed by atoms with van der Waals surface area (Å²) >= 11 is 0. The van der Waals surface area contributed by atoms with Crippen LogP contribution in [0.25, 0.3) is 0 Å². The normalized spacial score (nSPS) is 14.7. The molecule has 20 heavy (non-hydrogen) atoms. The molecule has 2 rings (SSSR count). The molecule has 0 saturated carbocycles. The van der Waals surface area contributed by atoms with Crippen LogP contribution >= 0.6 is 0 Å². The number of aliphatic hydroxyl groups is 1. The van der Waals surface area contributed by atoms with Gasteiger partial charge in [-0.05, 0) is 17.7 Å². The number of ether oxygens (including phenoxy) is 3. The van der Waals surface area contributed by atoms with Crippen molar-refractivity contribution in [3.8, 4) is 11.5 Å². The minimum absolute atomic E-state index is 0.170.